The monoisotopic (exact) mass is 506 g/mol. The lowest BCUT2D eigenvalue weighted by Gasteiger charge is -2.19. The SMILES string of the molecule is Cn1nc(C(F)(F)C(F)(F)F)c(NC(F)F)c1-n1cc(-c2ccc(Cl)c(C3(C#N)CC3)c2)cn1. The van der Waals surface area contributed by atoms with Crippen LogP contribution in [0.3, 0.4) is 0 Å². The first kappa shape index (κ1) is 23.9. The summed E-state index contributed by atoms with van der Waals surface area (Å²) in [5.41, 5.74) is -2.34. The van der Waals surface area contributed by atoms with Gasteiger partial charge in [0.25, 0.3) is 0 Å². The number of aryl methyl sites for hydroxylation is 1. The van der Waals surface area contributed by atoms with Crippen LogP contribution in [0.5, 0.6) is 0 Å². The van der Waals surface area contributed by atoms with Gasteiger partial charge in [0.15, 0.2) is 11.5 Å². The second-order valence-corrected chi connectivity index (χ2v) is 8.16. The molecule has 4 rings (SSSR count). The molecule has 3 aromatic rings. The molecule has 180 valence electrons. The van der Waals surface area contributed by atoms with Crippen molar-refractivity contribution in [1.29, 1.82) is 5.26 Å². The Morgan fingerprint density at radius 2 is 1.85 bits per heavy atom. The molecular weight excluding hydrogens is 493 g/mol. The molecule has 34 heavy (non-hydrogen) atoms. The van der Waals surface area contributed by atoms with Crippen LogP contribution >= 0.6 is 11.6 Å². The third kappa shape index (κ3) is 3.85. The average Bonchev–Trinajstić information content (AvgIpc) is 3.27. The predicted octanol–water partition coefficient (Wildman–Crippen LogP) is 5.77. The fourth-order valence-electron chi connectivity index (χ4n) is 3.60. The van der Waals surface area contributed by atoms with Crippen LogP contribution in [0.1, 0.15) is 24.1 Å². The number of nitriles is 1. The van der Waals surface area contributed by atoms with E-state index in [4.69, 9.17) is 11.6 Å². The van der Waals surface area contributed by atoms with Crippen LogP contribution in [0.15, 0.2) is 30.6 Å². The molecule has 0 saturated heterocycles. The lowest BCUT2D eigenvalue weighted by atomic mass is 9.94. The molecule has 0 bridgehead atoms. The van der Waals surface area contributed by atoms with Crippen LogP contribution in [-0.4, -0.2) is 32.3 Å². The van der Waals surface area contributed by atoms with E-state index in [0.29, 0.717) is 39.2 Å². The molecule has 0 amide bonds. The van der Waals surface area contributed by atoms with Gasteiger partial charge in [0.1, 0.15) is 5.69 Å². The molecule has 0 unspecified atom stereocenters. The molecule has 1 aromatic carbocycles. The molecule has 2 heterocycles. The van der Waals surface area contributed by atoms with Gasteiger partial charge in [-0.25, -0.2) is 9.36 Å². The molecule has 0 aliphatic heterocycles. The van der Waals surface area contributed by atoms with Crippen molar-refractivity contribution < 1.29 is 30.7 Å². The van der Waals surface area contributed by atoms with E-state index in [1.165, 1.54) is 17.7 Å². The summed E-state index contributed by atoms with van der Waals surface area (Å²) in [7, 11) is 1.02. The van der Waals surface area contributed by atoms with Gasteiger partial charge in [-0.05, 0) is 36.1 Å². The summed E-state index contributed by atoms with van der Waals surface area (Å²) in [5, 5.41) is 18.3. The highest BCUT2D eigenvalue weighted by molar-refractivity contribution is 6.31. The van der Waals surface area contributed by atoms with Crippen molar-refractivity contribution in [2.45, 2.75) is 36.9 Å². The minimum Gasteiger partial charge on any atom is -0.325 e. The van der Waals surface area contributed by atoms with E-state index < -0.39 is 41.3 Å². The molecule has 1 N–H and O–H groups in total. The van der Waals surface area contributed by atoms with Crippen LogP contribution in [0.2, 0.25) is 5.02 Å². The zero-order valence-electron chi connectivity index (χ0n) is 17.1. The number of halogens is 8. The number of anilines is 1. The molecule has 1 aliphatic rings. The number of alkyl halides is 7. The van der Waals surface area contributed by atoms with Crippen molar-refractivity contribution in [2.24, 2.45) is 7.05 Å². The summed E-state index contributed by atoms with van der Waals surface area (Å²) in [6, 6.07) is 7.05. The summed E-state index contributed by atoms with van der Waals surface area (Å²) < 4.78 is 94.4. The molecule has 1 saturated carbocycles. The first-order chi connectivity index (χ1) is 15.8. The van der Waals surface area contributed by atoms with E-state index in [2.05, 4.69) is 16.3 Å². The fourth-order valence-corrected chi connectivity index (χ4v) is 3.90. The lowest BCUT2D eigenvalue weighted by Crippen LogP contribution is -2.35. The Bertz CT molecular complexity index is 1280. The van der Waals surface area contributed by atoms with Gasteiger partial charge in [0.2, 0.25) is 0 Å². The van der Waals surface area contributed by atoms with Gasteiger partial charge in [-0.1, -0.05) is 17.7 Å². The predicted molar refractivity (Wildman–Crippen MR) is 107 cm³/mol. The topological polar surface area (TPSA) is 71.5 Å². The van der Waals surface area contributed by atoms with E-state index in [0.717, 1.165) is 11.7 Å². The second kappa shape index (κ2) is 7.90. The third-order valence-corrected chi connectivity index (χ3v) is 5.83. The van der Waals surface area contributed by atoms with Crippen molar-refractivity contribution in [3.05, 3.63) is 46.9 Å². The highest BCUT2D eigenvalue weighted by atomic mass is 35.5. The van der Waals surface area contributed by atoms with Gasteiger partial charge in [0, 0.05) is 23.8 Å². The summed E-state index contributed by atoms with van der Waals surface area (Å²) in [4.78, 5) is 0. The molecule has 6 nitrogen and oxygen atoms in total. The second-order valence-electron chi connectivity index (χ2n) is 7.75. The number of rotatable bonds is 6. The molecule has 0 atom stereocenters. The maximum atomic E-state index is 14.0. The Hall–Kier alpha value is -3.27. The van der Waals surface area contributed by atoms with Crippen LogP contribution in [0, 0.1) is 11.3 Å². The van der Waals surface area contributed by atoms with E-state index >= 15 is 0 Å². The van der Waals surface area contributed by atoms with Gasteiger partial charge in [-0.3, -0.25) is 0 Å². The van der Waals surface area contributed by atoms with Gasteiger partial charge in [-0.15, -0.1) is 0 Å². The average molecular weight is 507 g/mol. The Kier molecular flexibility index (Phi) is 5.55. The van der Waals surface area contributed by atoms with E-state index in [9.17, 15) is 36.0 Å². The summed E-state index contributed by atoms with van der Waals surface area (Å²) in [6.07, 6.45) is -2.30. The van der Waals surface area contributed by atoms with Crippen molar-refractivity contribution >= 4 is 17.3 Å². The zero-order valence-corrected chi connectivity index (χ0v) is 17.9. The Balaban J connectivity index is 1.81. The molecule has 1 fully saturated rings. The number of benzene rings is 1. The first-order valence-corrected chi connectivity index (χ1v) is 10.0. The quantitative estimate of drug-likeness (QED) is 0.340. The summed E-state index contributed by atoms with van der Waals surface area (Å²) in [6.45, 7) is -3.46. The molecule has 1 aliphatic carbocycles. The number of hydrogen-bond donors (Lipinski definition) is 1. The molecular formula is C20H14ClF7N6. The third-order valence-electron chi connectivity index (χ3n) is 5.50. The maximum Gasteiger partial charge on any atom is 0.459 e. The van der Waals surface area contributed by atoms with Gasteiger partial charge >= 0.3 is 18.6 Å². The molecule has 2 aromatic heterocycles. The minimum absolute atomic E-state index is 0.375. The van der Waals surface area contributed by atoms with E-state index in [1.54, 1.807) is 18.2 Å². The van der Waals surface area contributed by atoms with E-state index in [1.807, 2.05) is 0 Å². The number of nitrogens with zero attached hydrogens (tertiary/aromatic N) is 5. The van der Waals surface area contributed by atoms with Crippen molar-refractivity contribution in [3.63, 3.8) is 0 Å². The van der Waals surface area contributed by atoms with Crippen molar-refractivity contribution in [2.75, 3.05) is 5.32 Å². The smallest absolute Gasteiger partial charge is 0.325 e. The van der Waals surface area contributed by atoms with Crippen LogP contribution in [-0.2, 0) is 18.4 Å². The molecule has 14 heteroatoms. The van der Waals surface area contributed by atoms with Gasteiger partial charge < -0.3 is 5.32 Å². The Morgan fingerprint density at radius 1 is 1.18 bits per heavy atom. The molecule has 0 radical (unpaired) electrons. The minimum atomic E-state index is -6.06. The lowest BCUT2D eigenvalue weighted by molar-refractivity contribution is -0.290. The van der Waals surface area contributed by atoms with Crippen LogP contribution < -0.4 is 5.32 Å². The van der Waals surface area contributed by atoms with E-state index in [-0.39, 0.29) is 0 Å². The van der Waals surface area contributed by atoms with Gasteiger partial charge in [-0.2, -0.15) is 46.2 Å². The van der Waals surface area contributed by atoms with Gasteiger partial charge in [0.05, 0.1) is 17.7 Å². The van der Waals surface area contributed by atoms with Crippen LogP contribution in [0.25, 0.3) is 16.9 Å². The summed E-state index contributed by atoms with van der Waals surface area (Å²) >= 11 is 6.23. The number of aromatic nitrogens is 4. The maximum absolute atomic E-state index is 14.0. The molecule has 0 spiro atoms. The van der Waals surface area contributed by atoms with Crippen molar-refractivity contribution in [3.8, 4) is 23.0 Å². The Morgan fingerprint density at radius 3 is 2.41 bits per heavy atom. The number of hydrogen-bond acceptors (Lipinski definition) is 4. The highest BCUT2D eigenvalue weighted by Gasteiger charge is 2.62. The standard InChI is InChI=1S/C20H14ClF7N6/c1-33-16(14(31-17(22)23)15(32-33)19(24,25)20(26,27)28)34-8-11(7-30-34)10-2-3-13(21)12(6-10)18(9-29)4-5-18/h2-3,6-8,17,31H,4-5H2,1H3. The fraction of sp³-hybridized carbons (Fsp3) is 0.350. The first-order valence-electron chi connectivity index (χ1n) is 9.64. The normalized spacial score (nSPS) is 15.4. The largest absolute Gasteiger partial charge is 0.459 e. The number of nitrogens with one attached hydrogen (secondary N) is 1. The summed E-state index contributed by atoms with van der Waals surface area (Å²) in [5.74, 6) is -6.06. The van der Waals surface area contributed by atoms with Crippen LogP contribution in [0.4, 0.5) is 36.4 Å². The zero-order chi connectivity index (χ0) is 25.1. The van der Waals surface area contributed by atoms with Crippen molar-refractivity contribution in [1.82, 2.24) is 19.6 Å². The highest BCUT2D eigenvalue weighted by Crippen LogP contribution is 2.51. The Labute approximate surface area is 192 Å².